The molecule has 7 heteroatoms. The number of nitrogens with one attached hydrogen (secondary N) is 2. The van der Waals surface area contributed by atoms with Gasteiger partial charge in [-0.1, -0.05) is 5.16 Å². The van der Waals surface area contributed by atoms with Crippen LogP contribution < -0.4 is 16.5 Å². The van der Waals surface area contributed by atoms with Gasteiger partial charge < -0.3 is 21.2 Å². The molecule has 0 bridgehead atoms. The van der Waals surface area contributed by atoms with Crippen molar-refractivity contribution in [2.75, 3.05) is 0 Å². The summed E-state index contributed by atoms with van der Waals surface area (Å²) in [4.78, 5) is 25.7. The van der Waals surface area contributed by atoms with Crippen molar-refractivity contribution in [1.82, 2.24) is 10.3 Å². The van der Waals surface area contributed by atoms with Crippen LogP contribution in [0.1, 0.15) is 23.7 Å². The molecule has 0 aromatic carbocycles. The molecule has 92 valence electrons. The number of carbonyl (C=O) groups excluding carboxylic acids is 1. The van der Waals surface area contributed by atoms with Crippen LogP contribution in [-0.4, -0.2) is 28.0 Å². The minimum atomic E-state index is -0.495. The first-order chi connectivity index (χ1) is 8.04. The Labute approximate surface area is 97.3 Å². The molecule has 1 aromatic heterocycles. The van der Waals surface area contributed by atoms with Gasteiger partial charge in [0.25, 0.3) is 5.91 Å². The van der Waals surface area contributed by atoms with Crippen LogP contribution in [0, 0.1) is 0 Å². The molecule has 1 rings (SSSR count). The van der Waals surface area contributed by atoms with Gasteiger partial charge in [0.15, 0.2) is 5.43 Å². The van der Waals surface area contributed by atoms with Crippen molar-refractivity contribution in [1.29, 1.82) is 0 Å². The SMILES string of the molecule is CC(C/C(N)=N/O)NC(=O)c1c[nH]ccc1=O. The second kappa shape index (κ2) is 5.69. The second-order valence-corrected chi connectivity index (χ2v) is 3.59. The van der Waals surface area contributed by atoms with E-state index < -0.39 is 5.91 Å². The molecule has 0 fully saturated rings. The summed E-state index contributed by atoms with van der Waals surface area (Å²) in [7, 11) is 0. The monoisotopic (exact) mass is 238 g/mol. The fraction of sp³-hybridized carbons (Fsp3) is 0.300. The van der Waals surface area contributed by atoms with Crippen molar-refractivity contribution >= 4 is 11.7 Å². The highest BCUT2D eigenvalue weighted by Crippen LogP contribution is 1.94. The summed E-state index contributed by atoms with van der Waals surface area (Å²) in [6, 6.07) is 0.932. The lowest BCUT2D eigenvalue weighted by Gasteiger charge is -2.12. The summed E-state index contributed by atoms with van der Waals surface area (Å²) in [5, 5.41) is 13.7. The zero-order chi connectivity index (χ0) is 12.8. The number of aromatic nitrogens is 1. The standard InChI is InChI=1S/C10H14N4O3/c1-6(4-9(11)14-17)13-10(16)7-5-12-3-2-8(7)15/h2-3,5-6,17H,4H2,1H3,(H2,11,14)(H,12,15)(H,13,16). The minimum Gasteiger partial charge on any atom is -0.409 e. The number of amidine groups is 1. The molecule has 7 nitrogen and oxygen atoms in total. The van der Waals surface area contributed by atoms with Crippen molar-refractivity contribution in [2.45, 2.75) is 19.4 Å². The highest BCUT2D eigenvalue weighted by atomic mass is 16.4. The molecule has 0 radical (unpaired) electrons. The highest BCUT2D eigenvalue weighted by Gasteiger charge is 2.13. The maximum Gasteiger partial charge on any atom is 0.256 e. The van der Waals surface area contributed by atoms with Crippen molar-refractivity contribution in [3.63, 3.8) is 0 Å². The quantitative estimate of drug-likeness (QED) is 0.247. The topological polar surface area (TPSA) is 121 Å². The molecule has 0 aliphatic heterocycles. The van der Waals surface area contributed by atoms with Gasteiger partial charge in [-0.05, 0) is 6.92 Å². The number of amides is 1. The molecular weight excluding hydrogens is 224 g/mol. The van der Waals surface area contributed by atoms with E-state index in [2.05, 4.69) is 15.5 Å². The van der Waals surface area contributed by atoms with Crippen LogP contribution in [0.15, 0.2) is 28.4 Å². The first-order valence-electron chi connectivity index (χ1n) is 4.99. The average Bonchev–Trinajstić information content (AvgIpc) is 2.29. The third-order valence-corrected chi connectivity index (χ3v) is 2.09. The van der Waals surface area contributed by atoms with Gasteiger partial charge in [-0.25, -0.2) is 0 Å². The van der Waals surface area contributed by atoms with E-state index in [-0.39, 0.29) is 29.3 Å². The van der Waals surface area contributed by atoms with E-state index in [0.29, 0.717) is 0 Å². The fourth-order valence-corrected chi connectivity index (χ4v) is 1.30. The van der Waals surface area contributed by atoms with Crippen molar-refractivity contribution in [3.8, 4) is 0 Å². The van der Waals surface area contributed by atoms with Gasteiger partial charge in [-0.3, -0.25) is 9.59 Å². The van der Waals surface area contributed by atoms with Crippen LogP contribution in [0.4, 0.5) is 0 Å². The first-order valence-corrected chi connectivity index (χ1v) is 4.99. The summed E-state index contributed by atoms with van der Waals surface area (Å²) in [6.45, 7) is 1.69. The number of rotatable bonds is 4. The van der Waals surface area contributed by atoms with Gasteiger partial charge >= 0.3 is 0 Å². The molecule has 1 amide bonds. The van der Waals surface area contributed by atoms with Crippen molar-refractivity contribution < 1.29 is 10.0 Å². The predicted octanol–water partition coefficient (Wildman–Crippen LogP) is -0.370. The number of nitrogens with two attached hydrogens (primary N) is 1. The number of hydrogen-bond acceptors (Lipinski definition) is 4. The lowest BCUT2D eigenvalue weighted by Crippen LogP contribution is -2.37. The Kier molecular flexibility index (Phi) is 4.27. The van der Waals surface area contributed by atoms with Gasteiger partial charge in [-0.15, -0.1) is 0 Å². The zero-order valence-electron chi connectivity index (χ0n) is 9.30. The molecule has 17 heavy (non-hydrogen) atoms. The van der Waals surface area contributed by atoms with Crippen LogP contribution in [-0.2, 0) is 0 Å². The highest BCUT2D eigenvalue weighted by molar-refractivity contribution is 5.94. The Bertz CT molecular complexity index is 480. The summed E-state index contributed by atoms with van der Waals surface area (Å²) in [5.74, 6) is -0.482. The van der Waals surface area contributed by atoms with E-state index in [1.165, 1.54) is 18.5 Å². The van der Waals surface area contributed by atoms with Gasteiger partial charge in [0, 0.05) is 30.9 Å². The van der Waals surface area contributed by atoms with Gasteiger partial charge in [0.1, 0.15) is 11.4 Å². The predicted molar refractivity (Wildman–Crippen MR) is 62.0 cm³/mol. The van der Waals surface area contributed by atoms with Crippen LogP contribution in [0.5, 0.6) is 0 Å². The summed E-state index contributed by atoms with van der Waals surface area (Å²) < 4.78 is 0. The number of nitrogens with zero attached hydrogens (tertiary/aromatic N) is 1. The van der Waals surface area contributed by atoms with Crippen LogP contribution in [0.3, 0.4) is 0 Å². The lowest BCUT2D eigenvalue weighted by atomic mass is 10.2. The van der Waals surface area contributed by atoms with Crippen molar-refractivity contribution in [2.24, 2.45) is 10.9 Å². The largest absolute Gasteiger partial charge is 0.409 e. The van der Waals surface area contributed by atoms with Crippen LogP contribution in [0.2, 0.25) is 0 Å². The zero-order valence-corrected chi connectivity index (χ0v) is 9.30. The minimum absolute atomic E-state index is 0.0137. The molecule has 0 aliphatic carbocycles. The number of oxime groups is 1. The number of carbonyl (C=O) groups is 1. The first kappa shape index (κ1) is 12.8. The van der Waals surface area contributed by atoms with E-state index in [1.807, 2.05) is 0 Å². The Hall–Kier alpha value is -2.31. The Balaban J connectivity index is 2.67. The molecular formula is C10H14N4O3. The molecule has 5 N–H and O–H groups in total. The summed E-state index contributed by atoms with van der Waals surface area (Å²) >= 11 is 0. The fourth-order valence-electron chi connectivity index (χ4n) is 1.30. The normalized spacial score (nSPS) is 13.1. The van der Waals surface area contributed by atoms with E-state index in [0.717, 1.165) is 0 Å². The molecule has 0 aliphatic rings. The summed E-state index contributed by atoms with van der Waals surface area (Å²) in [6.07, 6.45) is 2.97. The van der Waals surface area contributed by atoms with E-state index in [9.17, 15) is 9.59 Å². The maximum atomic E-state index is 11.7. The lowest BCUT2D eigenvalue weighted by molar-refractivity contribution is 0.0939. The average molecular weight is 238 g/mol. The molecule has 0 spiro atoms. The number of H-pyrrole nitrogens is 1. The molecule has 1 atom stereocenters. The molecule has 1 unspecified atom stereocenters. The molecule has 0 saturated heterocycles. The molecule has 1 aromatic rings. The molecule has 1 heterocycles. The van der Waals surface area contributed by atoms with Crippen molar-refractivity contribution in [3.05, 3.63) is 34.2 Å². The van der Waals surface area contributed by atoms with Gasteiger partial charge in [-0.2, -0.15) is 0 Å². The third-order valence-electron chi connectivity index (χ3n) is 2.09. The Morgan fingerprint density at radius 3 is 3.00 bits per heavy atom. The number of aromatic amines is 1. The van der Waals surface area contributed by atoms with Gasteiger partial charge in [0.05, 0.1) is 0 Å². The Morgan fingerprint density at radius 1 is 1.71 bits per heavy atom. The van der Waals surface area contributed by atoms with E-state index in [1.54, 1.807) is 6.92 Å². The third kappa shape index (κ3) is 3.63. The summed E-state index contributed by atoms with van der Waals surface area (Å²) in [5.41, 5.74) is 4.96. The number of hydrogen-bond donors (Lipinski definition) is 4. The smallest absolute Gasteiger partial charge is 0.256 e. The number of pyridine rings is 1. The van der Waals surface area contributed by atoms with Crippen LogP contribution in [0.25, 0.3) is 0 Å². The van der Waals surface area contributed by atoms with E-state index in [4.69, 9.17) is 10.9 Å². The second-order valence-electron chi connectivity index (χ2n) is 3.59. The Morgan fingerprint density at radius 2 is 2.41 bits per heavy atom. The maximum absolute atomic E-state index is 11.7. The molecule has 0 saturated carbocycles. The van der Waals surface area contributed by atoms with E-state index >= 15 is 0 Å². The van der Waals surface area contributed by atoms with Gasteiger partial charge in [0.2, 0.25) is 0 Å². The van der Waals surface area contributed by atoms with Crippen LogP contribution >= 0.6 is 0 Å².